The average molecular weight is 343 g/mol. The minimum atomic E-state index is -0.254. The van der Waals surface area contributed by atoms with Crippen LogP contribution < -0.4 is 0 Å². The maximum Gasteiger partial charge on any atom is 0.264 e. The van der Waals surface area contributed by atoms with E-state index in [2.05, 4.69) is 9.55 Å². The predicted molar refractivity (Wildman–Crippen MR) is 92.9 cm³/mol. The van der Waals surface area contributed by atoms with Crippen molar-refractivity contribution < 1.29 is 9.18 Å². The quantitative estimate of drug-likeness (QED) is 0.705. The SMILES string of the molecule is Cc1c(C(=O)N2CCC[C@@H](n3ccnc3)C2)sc2cccc(F)c12. The van der Waals surface area contributed by atoms with Crippen LogP contribution in [0.4, 0.5) is 4.39 Å². The summed E-state index contributed by atoms with van der Waals surface area (Å²) in [6.07, 6.45) is 7.52. The molecule has 3 heterocycles. The van der Waals surface area contributed by atoms with Crippen molar-refractivity contribution in [1.82, 2.24) is 14.5 Å². The first-order chi connectivity index (χ1) is 11.6. The number of thiophene rings is 1. The van der Waals surface area contributed by atoms with Crippen molar-refractivity contribution in [2.75, 3.05) is 13.1 Å². The lowest BCUT2D eigenvalue weighted by atomic mass is 10.0. The molecule has 1 aromatic carbocycles. The van der Waals surface area contributed by atoms with Gasteiger partial charge in [0.2, 0.25) is 0 Å². The van der Waals surface area contributed by atoms with E-state index >= 15 is 0 Å². The highest BCUT2D eigenvalue weighted by Crippen LogP contribution is 2.34. The van der Waals surface area contributed by atoms with Gasteiger partial charge in [-0.05, 0) is 37.5 Å². The molecule has 0 aliphatic carbocycles. The third kappa shape index (κ3) is 2.51. The molecule has 0 radical (unpaired) electrons. The number of imidazole rings is 1. The zero-order chi connectivity index (χ0) is 16.7. The fourth-order valence-corrected chi connectivity index (χ4v) is 4.66. The van der Waals surface area contributed by atoms with Crippen LogP contribution in [-0.2, 0) is 0 Å². The second kappa shape index (κ2) is 6.02. The van der Waals surface area contributed by atoms with E-state index in [9.17, 15) is 9.18 Å². The van der Waals surface area contributed by atoms with Gasteiger partial charge in [-0.25, -0.2) is 9.37 Å². The Hall–Kier alpha value is -2.21. The number of hydrogen-bond donors (Lipinski definition) is 0. The summed E-state index contributed by atoms with van der Waals surface area (Å²) < 4.78 is 17.0. The monoisotopic (exact) mass is 343 g/mol. The van der Waals surface area contributed by atoms with Crippen LogP contribution in [0.25, 0.3) is 10.1 Å². The Morgan fingerprint density at radius 1 is 1.42 bits per heavy atom. The number of aromatic nitrogens is 2. The van der Waals surface area contributed by atoms with E-state index in [-0.39, 0.29) is 17.8 Å². The first-order valence-electron chi connectivity index (χ1n) is 8.09. The highest BCUT2D eigenvalue weighted by molar-refractivity contribution is 7.21. The second-order valence-electron chi connectivity index (χ2n) is 6.23. The number of hydrogen-bond acceptors (Lipinski definition) is 3. The van der Waals surface area contributed by atoms with E-state index in [1.807, 2.05) is 24.1 Å². The van der Waals surface area contributed by atoms with Gasteiger partial charge in [-0.3, -0.25) is 4.79 Å². The molecule has 1 aliphatic rings. The van der Waals surface area contributed by atoms with Gasteiger partial charge in [-0.2, -0.15) is 0 Å². The fourth-order valence-electron chi connectivity index (χ4n) is 3.47. The largest absolute Gasteiger partial charge is 0.336 e. The van der Waals surface area contributed by atoms with Crippen molar-refractivity contribution in [2.45, 2.75) is 25.8 Å². The van der Waals surface area contributed by atoms with E-state index < -0.39 is 0 Å². The number of nitrogens with zero attached hydrogens (tertiary/aromatic N) is 3. The van der Waals surface area contributed by atoms with E-state index in [1.54, 1.807) is 18.6 Å². The van der Waals surface area contributed by atoms with Gasteiger partial charge in [0.15, 0.2) is 0 Å². The summed E-state index contributed by atoms with van der Waals surface area (Å²) in [6, 6.07) is 5.28. The highest BCUT2D eigenvalue weighted by atomic mass is 32.1. The molecule has 0 N–H and O–H groups in total. The predicted octanol–water partition coefficient (Wildman–Crippen LogP) is 4.02. The lowest BCUT2D eigenvalue weighted by Crippen LogP contribution is -2.40. The summed E-state index contributed by atoms with van der Waals surface area (Å²) in [7, 11) is 0. The number of rotatable bonds is 2. The summed E-state index contributed by atoms with van der Waals surface area (Å²) in [5.74, 6) is -0.242. The maximum atomic E-state index is 14.1. The van der Waals surface area contributed by atoms with Gasteiger partial charge >= 0.3 is 0 Å². The minimum absolute atomic E-state index is 0.0120. The number of benzene rings is 1. The summed E-state index contributed by atoms with van der Waals surface area (Å²) in [5.41, 5.74) is 0.753. The molecule has 0 spiro atoms. The number of amides is 1. The van der Waals surface area contributed by atoms with Crippen LogP contribution in [0.2, 0.25) is 0 Å². The molecule has 4 rings (SSSR count). The van der Waals surface area contributed by atoms with Crippen molar-refractivity contribution in [1.29, 1.82) is 0 Å². The van der Waals surface area contributed by atoms with Gasteiger partial charge < -0.3 is 9.47 Å². The van der Waals surface area contributed by atoms with Crippen molar-refractivity contribution in [3.05, 3.63) is 53.2 Å². The van der Waals surface area contributed by atoms with Crippen LogP contribution in [0.3, 0.4) is 0 Å². The van der Waals surface area contributed by atoms with Crippen LogP contribution in [-0.4, -0.2) is 33.4 Å². The molecule has 1 saturated heterocycles. The molecule has 0 saturated carbocycles. The zero-order valence-electron chi connectivity index (χ0n) is 13.4. The lowest BCUT2D eigenvalue weighted by molar-refractivity contribution is 0.0684. The molecule has 1 atom stereocenters. The molecule has 3 aromatic rings. The Morgan fingerprint density at radius 2 is 2.29 bits per heavy atom. The first-order valence-corrected chi connectivity index (χ1v) is 8.91. The number of carbonyl (C=O) groups is 1. The molecular formula is C18H18FN3OS. The Labute approximate surface area is 143 Å². The van der Waals surface area contributed by atoms with Gasteiger partial charge in [-0.15, -0.1) is 11.3 Å². The van der Waals surface area contributed by atoms with Crippen molar-refractivity contribution in [3.8, 4) is 0 Å². The number of fused-ring (bicyclic) bond motifs is 1. The van der Waals surface area contributed by atoms with Crippen LogP contribution in [0.5, 0.6) is 0 Å². The molecule has 2 aromatic heterocycles. The van der Waals surface area contributed by atoms with E-state index in [0.29, 0.717) is 16.8 Å². The van der Waals surface area contributed by atoms with Crippen LogP contribution in [0.1, 0.15) is 34.1 Å². The molecule has 24 heavy (non-hydrogen) atoms. The standard InChI is InChI=1S/C18H18FN3OS/c1-12-16-14(19)5-2-6-15(16)24-17(12)18(23)21-8-3-4-13(10-21)22-9-7-20-11-22/h2,5-7,9,11,13H,3-4,8,10H2,1H3/t13-/m1/s1. The van der Waals surface area contributed by atoms with Gasteiger partial charge in [0, 0.05) is 35.6 Å². The Balaban J connectivity index is 1.64. The molecule has 0 bridgehead atoms. The Kier molecular flexibility index (Phi) is 3.84. The third-order valence-corrected chi connectivity index (χ3v) is 5.97. The molecule has 6 heteroatoms. The average Bonchev–Trinajstić information content (AvgIpc) is 3.23. The molecule has 0 unspecified atom stereocenters. The van der Waals surface area contributed by atoms with Crippen LogP contribution >= 0.6 is 11.3 Å². The van der Waals surface area contributed by atoms with Crippen LogP contribution in [0.15, 0.2) is 36.9 Å². The fraction of sp³-hybridized carbons (Fsp3) is 0.333. The summed E-state index contributed by atoms with van der Waals surface area (Å²) in [4.78, 5) is 19.7. The second-order valence-corrected chi connectivity index (χ2v) is 7.28. The molecule has 1 fully saturated rings. The van der Waals surface area contributed by atoms with Gasteiger partial charge in [0.1, 0.15) is 5.82 Å². The van der Waals surface area contributed by atoms with Gasteiger partial charge in [0.05, 0.1) is 17.2 Å². The van der Waals surface area contributed by atoms with Crippen molar-refractivity contribution in [2.24, 2.45) is 0 Å². The maximum absolute atomic E-state index is 14.1. The van der Waals surface area contributed by atoms with Crippen LogP contribution in [0, 0.1) is 12.7 Å². The van der Waals surface area contributed by atoms with Gasteiger partial charge in [-0.1, -0.05) is 6.07 Å². The van der Waals surface area contributed by atoms with Gasteiger partial charge in [0.25, 0.3) is 5.91 Å². The number of likely N-dealkylation sites (tertiary alicyclic amines) is 1. The lowest BCUT2D eigenvalue weighted by Gasteiger charge is -2.33. The van der Waals surface area contributed by atoms with Crippen molar-refractivity contribution >= 4 is 27.3 Å². The molecule has 4 nitrogen and oxygen atoms in total. The van der Waals surface area contributed by atoms with E-state index in [0.717, 1.165) is 29.6 Å². The highest BCUT2D eigenvalue weighted by Gasteiger charge is 2.28. The number of halogens is 1. The third-order valence-electron chi connectivity index (χ3n) is 4.73. The molecular weight excluding hydrogens is 325 g/mol. The zero-order valence-corrected chi connectivity index (χ0v) is 14.2. The normalized spacial score (nSPS) is 18.2. The van der Waals surface area contributed by atoms with E-state index in [4.69, 9.17) is 0 Å². The molecule has 124 valence electrons. The summed E-state index contributed by atoms with van der Waals surface area (Å²) >= 11 is 1.39. The molecule has 1 amide bonds. The van der Waals surface area contributed by atoms with Crippen molar-refractivity contribution in [3.63, 3.8) is 0 Å². The number of piperidine rings is 1. The number of aryl methyl sites for hydroxylation is 1. The topological polar surface area (TPSA) is 38.1 Å². The Morgan fingerprint density at radius 3 is 3.04 bits per heavy atom. The summed E-state index contributed by atoms with van der Waals surface area (Å²) in [5, 5.41) is 0.578. The summed E-state index contributed by atoms with van der Waals surface area (Å²) in [6.45, 7) is 3.26. The molecule has 1 aliphatic heterocycles. The minimum Gasteiger partial charge on any atom is -0.336 e. The smallest absolute Gasteiger partial charge is 0.264 e. The van der Waals surface area contributed by atoms with E-state index in [1.165, 1.54) is 17.4 Å². The number of carbonyl (C=O) groups excluding carboxylic acids is 1. The first kappa shape index (κ1) is 15.3. The Bertz CT molecular complexity index is 887.